The summed E-state index contributed by atoms with van der Waals surface area (Å²) >= 11 is 0. The van der Waals surface area contributed by atoms with Gasteiger partial charge in [-0.25, -0.2) is 0 Å². The van der Waals surface area contributed by atoms with E-state index in [1.807, 2.05) is 0 Å². The van der Waals surface area contributed by atoms with Crippen LogP contribution in [0.3, 0.4) is 0 Å². The molecule has 3 aromatic rings. The maximum Gasteiger partial charge on any atom is 0.294 e. The van der Waals surface area contributed by atoms with Crippen LogP contribution >= 0.6 is 0 Å². The summed E-state index contributed by atoms with van der Waals surface area (Å²) in [6, 6.07) is 13.8. The number of phenolic OH excluding ortho intramolecular Hbond substituents is 2. The van der Waals surface area contributed by atoms with Crippen molar-refractivity contribution in [2.75, 3.05) is 5.32 Å². The zero-order valence-corrected chi connectivity index (χ0v) is 17.4. The number of anilines is 1. The number of nitrogens with one attached hydrogen (secondary N) is 1. The molecule has 0 heterocycles. The van der Waals surface area contributed by atoms with E-state index in [-0.39, 0.29) is 39.4 Å². The van der Waals surface area contributed by atoms with Crippen LogP contribution in [0.25, 0.3) is 0 Å². The van der Waals surface area contributed by atoms with Gasteiger partial charge in [0.2, 0.25) is 5.91 Å². The second-order valence-electron chi connectivity index (χ2n) is 6.43. The highest BCUT2D eigenvalue weighted by atomic mass is 32.2. The molecule has 0 saturated carbocycles. The van der Waals surface area contributed by atoms with Gasteiger partial charge in [-0.3, -0.25) is 9.35 Å². The number of phenols is 2. The van der Waals surface area contributed by atoms with Crippen molar-refractivity contribution in [3.8, 4) is 11.5 Å². The standard InChI is InChI=1S/C20H17N5O6S/c1-12(26)21-14-3-2-4-15(9-14)23-25-18-10-17(19(27)11-20(18)28)24-22-13-5-7-16(8-6-13)32(29,30)31/h2-11,27-28H,1H3,(H,21,26)(H,29,30,31). The van der Waals surface area contributed by atoms with Gasteiger partial charge in [-0.2, -0.15) is 18.6 Å². The third kappa shape index (κ3) is 5.93. The predicted molar refractivity (Wildman–Crippen MR) is 115 cm³/mol. The van der Waals surface area contributed by atoms with Crippen molar-refractivity contribution in [2.24, 2.45) is 20.5 Å². The van der Waals surface area contributed by atoms with Gasteiger partial charge in [-0.1, -0.05) is 6.07 Å². The number of hydrogen-bond acceptors (Lipinski definition) is 9. The molecule has 0 aliphatic carbocycles. The molecule has 0 aliphatic heterocycles. The Morgan fingerprint density at radius 3 is 1.97 bits per heavy atom. The average Bonchev–Trinajstić information content (AvgIpc) is 2.72. The van der Waals surface area contributed by atoms with Crippen LogP contribution in [-0.2, 0) is 14.9 Å². The predicted octanol–water partition coefficient (Wildman–Crippen LogP) is 5.13. The average molecular weight is 455 g/mol. The zero-order valence-electron chi connectivity index (χ0n) is 16.5. The van der Waals surface area contributed by atoms with Crippen LogP contribution < -0.4 is 5.32 Å². The van der Waals surface area contributed by atoms with Crippen molar-refractivity contribution >= 4 is 44.5 Å². The SMILES string of the molecule is CC(=O)Nc1cccc(N=Nc2cc(N=Nc3ccc(S(=O)(=O)O)cc3)c(O)cc2O)c1. The van der Waals surface area contributed by atoms with E-state index >= 15 is 0 Å². The third-order valence-corrected chi connectivity index (χ3v) is 4.79. The maximum absolute atomic E-state index is 11.2. The molecule has 0 fully saturated rings. The maximum atomic E-state index is 11.2. The zero-order chi connectivity index (χ0) is 23.3. The number of benzene rings is 3. The van der Waals surface area contributed by atoms with Gasteiger partial charge in [0.25, 0.3) is 10.1 Å². The molecule has 0 aliphatic rings. The van der Waals surface area contributed by atoms with Gasteiger partial charge in [-0.05, 0) is 42.5 Å². The van der Waals surface area contributed by atoms with Crippen molar-refractivity contribution in [1.29, 1.82) is 0 Å². The second-order valence-corrected chi connectivity index (χ2v) is 7.85. The first kappa shape index (κ1) is 22.5. The highest BCUT2D eigenvalue weighted by Crippen LogP contribution is 2.39. The lowest BCUT2D eigenvalue weighted by atomic mass is 10.2. The van der Waals surface area contributed by atoms with Crippen LogP contribution in [0.15, 0.2) is 86.0 Å². The van der Waals surface area contributed by atoms with E-state index in [4.69, 9.17) is 4.55 Å². The summed E-state index contributed by atoms with van der Waals surface area (Å²) in [5.74, 6) is -0.953. The summed E-state index contributed by atoms with van der Waals surface area (Å²) < 4.78 is 31.1. The van der Waals surface area contributed by atoms with Gasteiger partial charge in [0, 0.05) is 24.7 Å². The summed E-state index contributed by atoms with van der Waals surface area (Å²) in [5, 5.41) is 38.4. The fourth-order valence-electron chi connectivity index (χ4n) is 2.47. The van der Waals surface area contributed by atoms with Crippen molar-refractivity contribution in [2.45, 2.75) is 11.8 Å². The van der Waals surface area contributed by atoms with E-state index in [0.29, 0.717) is 11.4 Å². The molecule has 3 aromatic carbocycles. The topological polar surface area (TPSA) is 173 Å². The number of hydrogen-bond donors (Lipinski definition) is 4. The van der Waals surface area contributed by atoms with E-state index in [1.165, 1.54) is 25.1 Å². The Morgan fingerprint density at radius 2 is 1.41 bits per heavy atom. The summed E-state index contributed by atoms with van der Waals surface area (Å²) in [5.41, 5.74) is 1.16. The summed E-state index contributed by atoms with van der Waals surface area (Å²) in [7, 11) is -4.33. The number of amides is 1. The minimum absolute atomic E-state index is 0.00315. The van der Waals surface area contributed by atoms with Gasteiger partial charge in [0.1, 0.15) is 22.9 Å². The van der Waals surface area contributed by atoms with E-state index in [9.17, 15) is 23.4 Å². The lowest BCUT2D eigenvalue weighted by Crippen LogP contribution is -2.04. The van der Waals surface area contributed by atoms with Crippen molar-refractivity contribution < 1.29 is 28.0 Å². The smallest absolute Gasteiger partial charge is 0.294 e. The van der Waals surface area contributed by atoms with Crippen LogP contribution in [0.2, 0.25) is 0 Å². The first-order valence-corrected chi connectivity index (χ1v) is 10.4. The van der Waals surface area contributed by atoms with Gasteiger partial charge in [0.15, 0.2) is 0 Å². The Morgan fingerprint density at radius 1 is 0.812 bits per heavy atom. The van der Waals surface area contributed by atoms with Crippen LogP contribution in [0.1, 0.15) is 6.92 Å². The molecular weight excluding hydrogens is 438 g/mol. The fourth-order valence-corrected chi connectivity index (χ4v) is 2.95. The minimum Gasteiger partial charge on any atom is -0.505 e. The second kappa shape index (κ2) is 9.32. The molecule has 0 unspecified atom stereocenters. The molecule has 3 rings (SSSR count). The quantitative estimate of drug-likeness (QED) is 0.296. The Bertz CT molecular complexity index is 1320. The molecule has 1 amide bonds. The van der Waals surface area contributed by atoms with Gasteiger partial charge in [-0.15, -0.1) is 10.2 Å². The lowest BCUT2D eigenvalue weighted by molar-refractivity contribution is -0.114. The molecule has 0 aromatic heterocycles. The highest BCUT2D eigenvalue weighted by molar-refractivity contribution is 7.85. The number of rotatable bonds is 6. The van der Waals surface area contributed by atoms with Crippen LogP contribution in [0, 0.1) is 0 Å². The molecular formula is C20H17N5O6S. The van der Waals surface area contributed by atoms with Crippen LogP contribution in [0.4, 0.5) is 28.4 Å². The Labute approximate surface area is 182 Å². The Hall–Kier alpha value is -4.16. The monoisotopic (exact) mass is 455 g/mol. The van der Waals surface area contributed by atoms with Crippen LogP contribution in [-0.4, -0.2) is 29.1 Å². The summed E-state index contributed by atoms with van der Waals surface area (Å²) in [4.78, 5) is 10.9. The van der Waals surface area contributed by atoms with Gasteiger partial charge < -0.3 is 15.5 Å². The number of carbonyl (C=O) groups is 1. The van der Waals surface area contributed by atoms with Gasteiger partial charge in [0.05, 0.1) is 16.3 Å². The summed E-state index contributed by atoms with van der Waals surface area (Å²) in [6.45, 7) is 1.38. The van der Waals surface area contributed by atoms with Crippen molar-refractivity contribution in [3.05, 3.63) is 60.7 Å². The van der Waals surface area contributed by atoms with Gasteiger partial charge >= 0.3 is 0 Å². The molecule has 0 radical (unpaired) electrons. The Balaban J connectivity index is 1.84. The third-order valence-electron chi connectivity index (χ3n) is 3.92. The molecule has 4 N–H and O–H groups in total. The van der Waals surface area contributed by atoms with E-state index in [0.717, 1.165) is 18.2 Å². The molecule has 0 bridgehead atoms. The highest BCUT2D eigenvalue weighted by Gasteiger charge is 2.10. The van der Waals surface area contributed by atoms with Crippen molar-refractivity contribution in [1.82, 2.24) is 0 Å². The summed E-state index contributed by atoms with van der Waals surface area (Å²) in [6.07, 6.45) is 0. The molecule has 0 spiro atoms. The van der Waals surface area contributed by atoms with E-state index in [2.05, 4.69) is 25.8 Å². The first-order valence-electron chi connectivity index (χ1n) is 8.96. The molecule has 0 saturated heterocycles. The fraction of sp³-hybridized carbons (Fsp3) is 0.0500. The normalized spacial score (nSPS) is 11.8. The number of nitrogens with zero attached hydrogens (tertiary/aromatic N) is 4. The molecule has 164 valence electrons. The first-order chi connectivity index (χ1) is 15.1. The molecule has 12 heteroatoms. The number of carbonyl (C=O) groups excluding carboxylic acids is 1. The van der Waals surface area contributed by atoms with E-state index < -0.39 is 10.1 Å². The molecule has 0 atom stereocenters. The number of azo groups is 2. The van der Waals surface area contributed by atoms with Crippen molar-refractivity contribution in [3.63, 3.8) is 0 Å². The molecule has 32 heavy (non-hydrogen) atoms. The van der Waals surface area contributed by atoms with Crippen LogP contribution in [0.5, 0.6) is 11.5 Å². The molecule has 11 nitrogen and oxygen atoms in total. The largest absolute Gasteiger partial charge is 0.505 e. The lowest BCUT2D eigenvalue weighted by Gasteiger charge is -2.04. The van der Waals surface area contributed by atoms with E-state index in [1.54, 1.807) is 24.3 Å². The Kier molecular flexibility index (Phi) is 6.56. The number of aromatic hydroxyl groups is 2. The minimum atomic E-state index is -4.33.